The van der Waals surface area contributed by atoms with E-state index in [1.165, 1.54) is 17.8 Å². The minimum absolute atomic E-state index is 0.0415. The molecule has 34 heavy (non-hydrogen) atoms. The number of carbonyl (C=O) groups is 1. The largest absolute Gasteiger partial charge is 0.391 e. The molecule has 0 bridgehead atoms. The molecule has 1 amide bonds. The second kappa shape index (κ2) is 9.68. The molecule has 178 valence electrons. The molecule has 1 aromatic carbocycles. The van der Waals surface area contributed by atoms with Crippen molar-refractivity contribution in [3.05, 3.63) is 66.4 Å². The van der Waals surface area contributed by atoms with Gasteiger partial charge in [-0.1, -0.05) is 0 Å². The minimum atomic E-state index is -0.415. The van der Waals surface area contributed by atoms with E-state index in [2.05, 4.69) is 20.9 Å². The molecule has 0 radical (unpaired) electrons. The van der Waals surface area contributed by atoms with Crippen molar-refractivity contribution in [1.29, 1.82) is 0 Å². The fourth-order valence-corrected chi connectivity index (χ4v) is 5.47. The van der Waals surface area contributed by atoms with Crippen LogP contribution in [0.4, 0.5) is 4.39 Å². The molecule has 0 saturated carbocycles. The van der Waals surface area contributed by atoms with Crippen molar-refractivity contribution in [2.24, 2.45) is 0 Å². The number of β-amino-alcohol motifs (C(OH)–C–C–N with tert-alkyl or cyclic N) is 1. The maximum absolute atomic E-state index is 13.5. The fourth-order valence-electron chi connectivity index (χ4n) is 5.47. The van der Waals surface area contributed by atoms with E-state index < -0.39 is 6.10 Å². The molecule has 2 saturated heterocycles. The number of pyridine rings is 1. The fraction of sp³-hybridized carbons (Fsp3) is 0.407. The van der Waals surface area contributed by atoms with Crippen LogP contribution >= 0.6 is 0 Å². The van der Waals surface area contributed by atoms with Crippen LogP contribution in [0.25, 0.3) is 22.4 Å². The lowest BCUT2D eigenvalue weighted by atomic mass is 9.92. The van der Waals surface area contributed by atoms with Crippen molar-refractivity contribution < 1.29 is 14.3 Å². The van der Waals surface area contributed by atoms with Gasteiger partial charge in [0, 0.05) is 55.6 Å². The summed E-state index contributed by atoms with van der Waals surface area (Å²) in [6, 6.07) is 12.9. The summed E-state index contributed by atoms with van der Waals surface area (Å²) in [5.41, 5.74) is 5.34. The van der Waals surface area contributed by atoms with Crippen molar-refractivity contribution in [3.8, 4) is 22.4 Å². The molecular weight excluding hydrogens is 431 g/mol. The zero-order chi connectivity index (χ0) is 23.7. The number of rotatable bonds is 5. The van der Waals surface area contributed by atoms with E-state index in [0.29, 0.717) is 18.9 Å². The van der Waals surface area contributed by atoms with Crippen molar-refractivity contribution >= 4 is 5.91 Å². The summed E-state index contributed by atoms with van der Waals surface area (Å²) in [7, 11) is 0. The van der Waals surface area contributed by atoms with Crippen LogP contribution in [0, 0.1) is 5.82 Å². The summed E-state index contributed by atoms with van der Waals surface area (Å²) in [4.78, 5) is 24.0. The molecule has 2 aromatic heterocycles. The Morgan fingerprint density at radius 2 is 1.82 bits per heavy atom. The zero-order valence-electron chi connectivity index (χ0n) is 19.5. The Kier molecular flexibility index (Phi) is 6.48. The number of amides is 1. The Labute approximate surface area is 199 Å². The molecule has 0 spiro atoms. The van der Waals surface area contributed by atoms with Gasteiger partial charge in [-0.25, -0.2) is 4.39 Å². The summed E-state index contributed by atoms with van der Waals surface area (Å²) >= 11 is 0. The van der Waals surface area contributed by atoms with Crippen molar-refractivity contribution in [1.82, 2.24) is 19.8 Å². The van der Waals surface area contributed by atoms with E-state index in [1.807, 2.05) is 29.2 Å². The van der Waals surface area contributed by atoms with E-state index in [4.69, 9.17) is 0 Å². The highest BCUT2D eigenvalue weighted by Gasteiger charge is 2.34. The smallest absolute Gasteiger partial charge is 0.219 e. The quantitative estimate of drug-likeness (QED) is 0.600. The third-order valence-corrected chi connectivity index (χ3v) is 7.26. The summed E-state index contributed by atoms with van der Waals surface area (Å²) in [6.07, 6.45) is 5.87. The topological polar surface area (TPSA) is 72.5 Å². The van der Waals surface area contributed by atoms with E-state index >= 15 is 0 Å². The number of piperidine rings is 1. The molecule has 3 aromatic rings. The van der Waals surface area contributed by atoms with Gasteiger partial charge in [0.25, 0.3) is 0 Å². The second-order valence-electron chi connectivity index (χ2n) is 9.55. The third-order valence-electron chi connectivity index (χ3n) is 7.26. The van der Waals surface area contributed by atoms with Crippen LogP contribution < -0.4 is 0 Å². The zero-order valence-corrected chi connectivity index (χ0v) is 19.5. The number of likely N-dealkylation sites (tertiary alicyclic amines) is 2. The van der Waals surface area contributed by atoms with Crippen molar-refractivity contribution in [3.63, 3.8) is 0 Å². The molecule has 2 aliphatic heterocycles. The third kappa shape index (κ3) is 4.76. The number of aliphatic hydroxyl groups is 1. The standard InChI is InChI=1S/C27H31FN4O2/c1-18(33)32-17-24(34)14-23(32)16-31-12-8-20(9-13-31)26-15-25(19-6-10-29-11-7-19)27(30-26)21-2-4-22(28)5-3-21/h2-7,10-11,15,20,23-24,30,34H,8-9,12-14,16-17H2,1H3/t23?,24-/m1/s1. The number of hydrogen-bond donors (Lipinski definition) is 2. The number of aliphatic hydroxyl groups excluding tert-OH is 1. The first kappa shape index (κ1) is 22.7. The maximum Gasteiger partial charge on any atom is 0.219 e. The van der Waals surface area contributed by atoms with Crippen LogP contribution in [-0.2, 0) is 4.79 Å². The molecule has 7 heteroatoms. The highest BCUT2D eigenvalue weighted by atomic mass is 19.1. The van der Waals surface area contributed by atoms with Crippen LogP contribution in [-0.4, -0.2) is 69.1 Å². The van der Waals surface area contributed by atoms with Gasteiger partial charge in [-0.2, -0.15) is 0 Å². The molecule has 6 nitrogen and oxygen atoms in total. The monoisotopic (exact) mass is 462 g/mol. The number of aromatic nitrogens is 2. The van der Waals surface area contributed by atoms with Crippen LogP contribution in [0.2, 0.25) is 0 Å². The summed E-state index contributed by atoms with van der Waals surface area (Å²) in [6.45, 7) is 4.76. The van der Waals surface area contributed by atoms with Gasteiger partial charge in [0.2, 0.25) is 5.91 Å². The Morgan fingerprint density at radius 3 is 2.50 bits per heavy atom. The highest BCUT2D eigenvalue weighted by Crippen LogP contribution is 2.37. The molecule has 2 fully saturated rings. The van der Waals surface area contributed by atoms with E-state index in [0.717, 1.165) is 54.9 Å². The summed E-state index contributed by atoms with van der Waals surface area (Å²) < 4.78 is 13.5. The highest BCUT2D eigenvalue weighted by molar-refractivity contribution is 5.82. The average molecular weight is 463 g/mol. The van der Waals surface area contributed by atoms with Gasteiger partial charge < -0.3 is 19.9 Å². The maximum atomic E-state index is 13.5. The van der Waals surface area contributed by atoms with Crippen LogP contribution in [0.3, 0.4) is 0 Å². The number of benzene rings is 1. The molecular formula is C27H31FN4O2. The van der Waals surface area contributed by atoms with Crippen molar-refractivity contribution in [2.75, 3.05) is 26.2 Å². The van der Waals surface area contributed by atoms with Crippen molar-refractivity contribution in [2.45, 2.75) is 44.2 Å². The summed E-state index contributed by atoms with van der Waals surface area (Å²) in [5.74, 6) is 0.204. The molecule has 5 rings (SSSR count). The van der Waals surface area contributed by atoms with Gasteiger partial charge >= 0.3 is 0 Å². The first-order chi connectivity index (χ1) is 16.5. The minimum Gasteiger partial charge on any atom is -0.391 e. The number of nitrogens with one attached hydrogen (secondary N) is 1. The Hall–Kier alpha value is -3.03. The van der Waals surface area contributed by atoms with Gasteiger partial charge in [-0.3, -0.25) is 9.78 Å². The number of aromatic amines is 1. The Bertz CT molecular complexity index is 1120. The van der Waals surface area contributed by atoms with E-state index in [9.17, 15) is 14.3 Å². The van der Waals surface area contributed by atoms with E-state index in [-0.39, 0.29) is 17.8 Å². The predicted octanol–water partition coefficient (Wildman–Crippen LogP) is 4.04. The summed E-state index contributed by atoms with van der Waals surface area (Å²) in [5, 5.41) is 10.0. The average Bonchev–Trinajstić information content (AvgIpc) is 3.45. The lowest BCUT2D eigenvalue weighted by molar-refractivity contribution is -0.130. The number of H-pyrrole nitrogens is 1. The normalized spacial score (nSPS) is 21.8. The van der Waals surface area contributed by atoms with Gasteiger partial charge in [0.05, 0.1) is 11.8 Å². The van der Waals surface area contributed by atoms with Crippen LogP contribution in [0.15, 0.2) is 54.9 Å². The van der Waals surface area contributed by atoms with E-state index in [1.54, 1.807) is 19.3 Å². The Balaban J connectivity index is 1.32. The lowest BCUT2D eigenvalue weighted by Gasteiger charge is -2.35. The Morgan fingerprint density at radius 1 is 1.12 bits per heavy atom. The number of nitrogens with zero attached hydrogens (tertiary/aromatic N) is 3. The second-order valence-corrected chi connectivity index (χ2v) is 9.55. The number of carbonyl (C=O) groups excluding carboxylic acids is 1. The number of hydrogen-bond acceptors (Lipinski definition) is 4. The molecule has 4 heterocycles. The lowest BCUT2D eigenvalue weighted by Crippen LogP contribution is -2.44. The van der Waals surface area contributed by atoms with Crippen LogP contribution in [0.5, 0.6) is 0 Å². The number of halogens is 1. The van der Waals surface area contributed by atoms with Crippen LogP contribution in [0.1, 0.15) is 37.8 Å². The first-order valence-corrected chi connectivity index (χ1v) is 12.0. The van der Waals surface area contributed by atoms with Gasteiger partial charge in [0.15, 0.2) is 0 Å². The predicted molar refractivity (Wildman–Crippen MR) is 130 cm³/mol. The molecule has 1 unspecified atom stereocenters. The van der Waals surface area contributed by atoms with Gasteiger partial charge in [0.1, 0.15) is 5.82 Å². The molecule has 2 N–H and O–H groups in total. The first-order valence-electron chi connectivity index (χ1n) is 12.0. The molecule has 0 aliphatic carbocycles. The molecule has 2 aliphatic rings. The van der Waals surface area contributed by atoms with Gasteiger partial charge in [-0.15, -0.1) is 0 Å². The molecule has 2 atom stereocenters. The van der Waals surface area contributed by atoms with Gasteiger partial charge in [-0.05, 0) is 85.9 Å². The SMILES string of the molecule is CC(=O)N1C[C@H](O)CC1CN1CCC(c2cc(-c3ccncc3)c(-c3ccc(F)cc3)[nH]2)CC1.